The van der Waals surface area contributed by atoms with Gasteiger partial charge in [0.05, 0.1) is 6.54 Å². The highest BCUT2D eigenvalue weighted by molar-refractivity contribution is 5.51. The number of nitrogens with zero attached hydrogens (tertiary/aromatic N) is 3. The zero-order valence-corrected chi connectivity index (χ0v) is 10.4. The van der Waals surface area contributed by atoms with E-state index in [2.05, 4.69) is 21.1 Å². The summed E-state index contributed by atoms with van der Waals surface area (Å²) in [6, 6.07) is 6.13. The van der Waals surface area contributed by atoms with Gasteiger partial charge in [-0.2, -0.15) is 4.98 Å². The number of aryl methyl sites for hydroxylation is 1. The van der Waals surface area contributed by atoms with Gasteiger partial charge in [-0.25, -0.2) is 0 Å². The van der Waals surface area contributed by atoms with E-state index in [1.165, 1.54) is 11.1 Å². The average molecular weight is 244 g/mol. The SMILES string of the molecule is Cc1nc(CN2CCc3cccc(N)c3C2)no1. The summed E-state index contributed by atoms with van der Waals surface area (Å²) in [5, 5.41) is 3.93. The predicted octanol–water partition coefficient (Wildman–Crippen LogP) is 1.52. The number of benzene rings is 1. The van der Waals surface area contributed by atoms with Gasteiger partial charge in [-0.3, -0.25) is 4.90 Å². The lowest BCUT2D eigenvalue weighted by molar-refractivity contribution is 0.236. The van der Waals surface area contributed by atoms with Crippen molar-refractivity contribution in [2.45, 2.75) is 26.4 Å². The fraction of sp³-hybridized carbons (Fsp3) is 0.385. The second kappa shape index (κ2) is 4.42. The first-order chi connectivity index (χ1) is 8.72. The van der Waals surface area contributed by atoms with Gasteiger partial charge in [0.15, 0.2) is 5.82 Å². The van der Waals surface area contributed by atoms with Crippen LogP contribution in [-0.4, -0.2) is 21.6 Å². The second-order valence-electron chi connectivity index (χ2n) is 4.68. The van der Waals surface area contributed by atoms with Crippen LogP contribution in [-0.2, 0) is 19.5 Å². The quantitative estimate of drug-likeness (QED) is 0.811. The number of hydrogen-bond donors (Lipinski definition) is 1. The Bertz CT molecular complexity index is 564. The van der Waals surface area contributed by atoms with E-state index >= 15 is 0 Å². The molecular weight excluding hydrogens is 228 g/mol. The molecule has 5 nitrogen and oxygen atoms in total. The molecule has 0 fully saturated rings. The van der Waals surface area contributed by atoms with Gasteiger partial charge < -0.3 is 10.3 Å². The minimum Gasteiger partial charge on any atom is -0.398 e. The number of hydrogen-bond acceptors (Lipinski definition) is 5. The Hall–Kier alpha value is -1.88. The van der Waals surface area contributed by atoms with Gasteiger partial charge in [0.1, 0.15) is 0 Å². The van der Waals surface area contributed by atoms with Crippen LogP contribution in [0.5, 0.6) is 0 Å². The van der Waals surface area contributed by atoms with E-state index in [1.54, 1.807) is 6.92 Å². The van der Waals surface area contributed by atoms with Gasteiger partial charge >= 0.3 is 0 Å². The van der Waals surface area contributed by atoms with E-state index in [1.807, 2.05) is 12.1 Å². The topological polar surface area (TPSA) is 68.2 Å². The Morgan fingerprint density at radius 1 is 1.44 bits per heavy atom. The summed E-state index contributed by atoms with van der Waals surface area (Å²) < 4.78 is 4.99. The van der Waals surface area contributed by atoms with Gasteiger partial charge in [-0.15, -0.1) is 0 Å². The Morgan fingerprint density at radius 3 is 3.11 bits per heavy atom. The van der Waals surface area contributed by atoms with E-state index in [-0.39, 0.29) is 0 Å². The molecule has 3 rings (SSSR count). The molecule has 1 aliphatic heterocycles. The van der Waals surface area contributed by atoms with E-state index in [0.29, 0.717) is 12.4 Å². The highest BCUT2D eigenvalue weighted by atomic mass is 16.5. The summed E-state index contributed by atoms with van der Waals surface area (Å²) in [6.45, 7) is 4.38. The maximum Gasteiger partial charge on any atom is 0.223 e. The van der Waals surface area contributed by atoms with Crippen molar-refractivity contribution in [3.8, 4) is 0 Å². The lowest BCUT2D eigenvalue weighted by Gasteiger charge is -2.28. The molecule has 2 N–H and O–H groups in total. The third kappa shape index (κ3) is 2.09. The Labute approximate surface area is 106 Å². The van der Waals surface area contributed by atoms with Crippen LogP contribution < -0.4 is 5.73 Å². The third-order valence-electron chi connectivity index (χ3n) is 3.32. The summed E-state index contributed by atoms with van der Waals surface area (Å²) >= 11 is 0. The first-order valence-corrected chi connectivity index (χ1v) is 6.10. The van der Waals surface area contributed by atoms with Crippen LogP contribution in [0, 0.1) is 6.92 Å². The van der Waals surface area contributed by atoms with Crippen LogP contribution in [0.1, 0.15) is 22.8 Å². The van der Waals surface area contributed by atoms with Crippen molar-refractivity contribution in [1.29, 1.82) is 0 Å². The van der Waals surface area contributed by atoms with Crippen molar-refractivity contribution < 1.29 is 4.52 Å². The van der Waals surface area contributed by atoms with Crippen molar-refractivity contribution in [2.75, 3.05) is 12.3 Å². The molecule has 2 heterocycles. The molecule has 1 aliphatic rings. The van der Waals surface area contributed by atoms with Crippen LogP contribution in [0.25, 0.3) is 0 Å². The van der Waals surface area contributed by atoms with Crippen LogP contribution in [0.15, 0.2) is 22.7 Å². The fourth-order valence-electron chi connectivity index (χ4n) is 2.40. The zero-order valence-electron chi connectivity index (χ0n) is 10.4. The van der Waals surface area contributed by atoms with Crippen molar-refractivity contribution in [2.24, 2.45) is 0 Å². The lowest BCUT2D eigenvalue weighted by atomic mass is 9.98. The summed E-state index contributed by atoms with van der Waals surface area (Å²) in [7, 11) is 0. The summed E-state index contributed by atoms with van der Waals surface area (Å²) in [5.74, 6) is 1.35. The molecule has 0 amide bonds. The van der Waals surface area contributed by atoms with E-state index < -0.39 is 0 Å². The molecule has 18 heavy (non-hydrogen) atoms. The highest BCUT2D eigenvalue weighted by Crippen LogP contribution is 2.24. The molecule has 94 valence electrons. The minimum atomic E-state index is 0.613. The number of nitrogen functional groups attached to an aromatic ring is 1. The number of rotatable bonds is 2. The standard InChI is InChI=1S/C13H16N4O/c1-9-15-13(16-18-9)8-17-6-5-10-3-2-4-12(14)11(10)7-17/h2-4H,5-8,14H2,1H3. The van der Waals surface area contributed by atoms with Crippen LogP contribution in [0.4, 0.5) is 5.69 Å². The molecule has 0 atom stereocenters. The van der Waals surface area contributed by atoms with Crippen molar-refractivity contribution >= 4 is 5.69 Å². The van der Waals surface area contributed by atoms with Crippen molar-refractivity contribution in [3.63, 3.8) is 0 Å². The summed E-state index contributed by atoms with van der Waals surface area (Å²) in [6.07, 6.45) is 1.03. The van der Waals surface area contributed by atoms with E-state index in [0.717, 1.165) is 31.0 Å². The maximum atomic E-state index is 6.02. The molecule has 1 aromatic carbocycles. The van der Waals surface area contributed by atoms with E-state index in [9.17, 15) is 0 Å². The van der Waals surface area contributed by atoms with E-state index in [4.69, 9.17) is 10.3 Å². The largest absolute Gasteiger partial charge is 0.398 e. The number of fused-ring (bicyclic) bond motifs is 1. The molecule has 0 unspecified atom stereocenters. The van der Waals surface area contributed by atoms with Gasteiger partial charge in [0.2, 0.25) is 5.89 Å². The number of nitrogens with two attached hydrogens (primary N) is 1. The molecule has 0 spiro atoms. The smallest absolute Gasteiger partial charge is 0.223 e. The molecule has 0 bridgehead atoms. The fourth-order valence-corrected chi connectivity index (χ4v) is 2.40. The summed E-state index contributed by atoms with van der Waals surface area (Å²) in [5.41, 5.74) is 9.50. The minimum absolute atomic E-state index is 0.613. The van der Waals surface area contributed by atoms with Crippen molar-refractivity contribution in [1.82, 2.24) is 15.0 Å². The van der Waals surface area contributed by atoms with Crippen LogP contribution in [0.2, 0.25) is 0 Å². The number of anilines is 1. The second-order valence-corrected chi connectivity index (χ2v) is 4.68. The normalized spacial score (nSPS) is 15.6. The zero-order chi connectivity index (χ0) is 12.5. The summed E-state index contributed by atoms with van der Waals surface area (Å²) in [4.78, 5) is 6.53. The van der Waals surface area contributed by atoms with Gasteiger partial charge in [0, 0.05) is 25.7 Å². The first-order valence-electron chi connectivity index (χ1n) is 6.10. The van der Waals surface area contributed by atoms with Gasteiger partial charge in [-0.05, 0) is 23.6 Å². The molecule has 5 heteroatoms. The van der Waals surface area contributed by atoms with Crippen molar-refractivity contribution in [3.05, 3.63) is 41.0 Å². The Kier molecular flexibility index (Phi) is 2.76. The van der Waals surface area contributed by atoms with Gasteiger partial charge in [-0.1, -0.05) is 17.3 Å². The van der Waals surface area contributed by atoms with Crippen LogP contribution >= 0.6 is 0 Å². The lowest BCUT2D eigenvalue weighted by Crippen LogP contribution is -2.31. The predicted molar refractivity (Wildman–Crippen MR) is 67.7 cm³/mol. The molecule has 0 radical (unpaired) electrons. The molecular formula is C13H16N4O. The Morgan fingerprint density at radius 2 is 2.33 bits per heavy atom. The van der Waals surface area contributed by atoms with Crippen LogP contribution in [0.3, 0.4) is 0 Å². The molecule has 0 aliphatic carbocycles. The van der Waals surface area contributed by atoms with Gasteiger partial charge in [0.25, 0.3) is 0 Å². The molecule has 2 aromatic rings. The molecule has 0 saturated heterocycles. The number of aromatic nitrogens is 2. The first kappa shape index (κ1) is 11.2. The monoisotopic (exact) mass is 244 g/mol. The average Bonchev–Trinajstić information content (AvgIpc) is 2.76. The Balaban J connectivity index is 1.76. The maximum absolute atomic E-state index is 6.02. The third-order valence-corrected chi connectivity index (χ3v) is 3.32. The highest BCUT2D eigenvalue weighted by Gasteiger charge is 2.19. The molecule has 0 saturated carbocycles. The molecule has 1 aromatic heterocycles.